The molecule has 0 aliphatic carbocycles. The number of anilines is 1. The van der Waals surface area contributed by atoms with Crippen molar-refractivity contribution < 1.29 is 4.42 Å². The number of pyridine rings is 1. The van der Waals surface area contributed by atoms with Crippen LogP contribution in [0, 0.1) is 6.92 Å². The Morgan fingerprint density at radius 2 is 2.33 bits per heavy atom. The molecule has 0 saturated heterocycles. The molecular weight excluding hydrogens is 258 g/mol. The first kappa shape index (κ1) is 10.2. The maximum Gasteiger partial charge on any atom is 0.213 e. The van der Waals surface area contributed by atoms with Crippen molar-refractivity contribution in [1.82, 2.24) is 9.97 Å². The van der Waals surface area contributed by atoms with Crippen molar-refractivity contribution in [2.75, 3.05) is 5.32 Å². The van der Waals surface area contributed by atoms with Crippen LogP contribution < -0.4 is 5.32 Å². The molecule has 2 aromatic heterocycles. The van der Waals surface area contributed by atoms with E-state index in [4.69, 9.17) is 4.42 Å². The molecule has 0 atom stereocenters. The number of hydrogen-bond acceptors (Lipinski definition) is 4. The zero-order valence-corrected chi connectivity index (χ0v) is 9.78. The van der Waals surface area contributed by atoms with Gasteiger partial charge in [-0.15, -0.1) is 0 Å². The van der Waals surface area contributed by atoms with E-state index in [-0.39, 0.29) is 0 Å². The molecule has 15 heavy (non-hydrogen) atoms. The van der Waals surface area contributed by atoms with Gasteiger partial charge < -0.3 is 9.73 Å². The Labute approximate surface area is 95.9 Å². The van der Waals surface area contributed by atoms with Crippen molar-refractivity contribution in [2.24, 2.45) is 0 Å². The lowest BCUT2D eigenvalue weighted by Crippen LogP contribution is -2.01. The Bertz CT molecular complexity index is 455. The van der Waals surface area contributed by atoms with E-state index in [0.29, 0.717) is 12.4 Å². The Morgan fingerprint density at radius 3 is 3.00 bits per heavy atom. The topological polar surface area (TPSA) is 51.0 Å². The molecule has 5 heteroatoms. The van der Waals surface area contributed by atoms with Gasteiger partial charge in [0, 0.05) is 6.20 Å². The molecule has 78 valence electrons. The second-order valence-electron chi connectivity index (χ2n) is 3.05. The zero-order chi connectivity index (χ0) is 10.7. The first-order chi connectivity index (χ1) is 7.25. The average Bonchev–Trinajstić information content (AvgIpc) is 2.63. The summed E-state index contributed by atoms with van der Waals surface area (Å²) in [6.45, 7) is 2.40. The van der Waals surface area contributed by atoms with Crippen molar-refractivity contribution in [3.63, 3.8) is 0 Å². The maximum absolute atomic E-state index is 5.33. The smallest absolute Gasteiger partial charge is 0.213 e. The fourth-order valence-corrected chi connectivity index (χ4v) is 1.55. The Hall–Kier alpha value is -1.36. The number of hydrogen-bond donors (Lipinski definition) is 1. The van der Waals surface area contributed by atoms with Crippen molar-refractivity contribution in [3.05, 3.63) is 40.7 Å². The number of rotatable bonds is 3. The van der Waals surface area contributed by atoms with Gasteiger partial charge in [0.2, 0.25) is 5.89 Å². The Kier molecular flexibility index (Phi) is 3.01. The first-order valence-corrected chi connectivity index (χ1v) is 5.30. The summed E-state index contributed by atoms with van der Waals surface area (Å²) in [5.74, 6) is 2.25. The second kappa shape index (κ2) is 4.44. The fraction of sp³-hybridized carbons (Fsp3) is 0.200. The third-order valence-electron chi connectivity index (χ3n) is 1.83. The highest BCUT2D eigenvalue weighted by Crippen LogP contribution is 2.18. The van der Waals surface area contributed by atoms with E-state index in [0.717, 1.165) is 16.1 Å². The molecule has 0 radical (unpaired) electrons. The molecule has 4 nitrogen and oxygen atoms in total. The highest BCUT2D eigenvalue weighted by Gasteiger charge is 2.02. The van der Waals surface area contributed by atoms with Gasteiger partial charge in [-0.25, -0.2) is 9.97 Å². The minimum absolute atomic E-state index is 0.531. The fourth-order valence-electron chi connectivity index (χ4n) is 1.16. The largest absolute Gasteiger partial charge is 0.444 e. The molecule has 0 spiro atoms. The molecule has 0 aliphatic rings. The van der Waals surface area contributed by atoms with Gasteiger partial charge in [-0.1, -0.05) is 0 Å². The van der Waals surface area contributed by atoms with Crippen LogP contribution in [0.1, 0.15) is 11.7 Å². The highest BCUT2D eigenvalue weighted by atomic mass is 79.9. The lowest BCUT2D eigenvalue weighted by molar-refractivity contribution is 0.479. The monoisotopic (exact) mass is 267 g/mol. The van der Waals surface area contributed by atoms with E-state index in [1.807, 2.05) is 19.1 Å². The van der Waals surface area contributed by atoms with E-state index in [9.17, 15) is 0 Å². The van der Waals surface area contributed by atoms with Crippen LogP contribution in [0.3, 0.4) is 0 Å². The van der Waals surface area contributed by atoms with E-state index in [1.54, 1.807) is 12.4 Å². The third kappa shape index (κ3) is 2.56. The molecule has 0 bridgehead atoms. The van der Waals surface area contributed by atoms with E-state index < -0.39 is 0 Å². The molecule has 0 saturated carbocycles. The lowest BCUT2D eigenvalue weighted by atomic mass is 10.4. The summed E-state index contributed by atoms with van der Waals surface area (Å²) in [6.07, 6.45) is 3.43. The van der Waals surface area contributed by atoms with Crippen LogP contribution >= 0.6 is 15.9 Å². The summed E-state index contributed by atoms with van der Waals surface area (Å²) in [4.78, 5) is 8.26. The quantitative estimate of drug-likeness (QED) is 0.929. The Morgan fingerprint density at radius 1 is 1.47 bits per heavy atom. The van der Waals surface area contributed by atoms with Gasteiger partial charge in [-0.05, 0) is 35.0 Å². The predicted molar refractivity (Wildman–Crippen MR) is 60.5 cm³/mol. The van der Waals surface area contributed by atoms with Crippen LogP contribution in [-0.4, -0.2) is 9.97 Å². The third-order valence-corrected chi connectivity index (χ3v) is 2.47. The van der Waals surface area contributed by atoms with Gasteiger partial charge in [0.15, 0.2) is 0 Å². The van der Waals surface area contributed by atoms with E-state index in [1.165, 1.54) is 0 Å². The summed E-state index contributed by atoms with van der Waals surface area (Å²) >= 11 is 3.40. The van der Waals surface area contributed by atoms with Crippen molar-refractivity contribution >= 4 is 21.7 Å². The summed E-state index contributed by atoms with van der Waals surface area (Å²) < 4.78 is 6.25. The van der Waals surface area contributed by atoms with E-state index >= 15 is 0 Å². The molecule has 2 rings (SSSR count). The predicted octanol–water partition coefficient (Wildman–Crippen LogP) is 2.75. The van der Waals surface area contributed by atoms with Crippen LogP contribution in [0.2, 0.25) is 0 Å². The average molecular weight is 268 g/mol. The molecular formula is C10H10BrN3O. The number of nitrogens with zero attached hydrogens (tertiary/aromatic N) is 2. The summed E-state index contributed by atoms with van der Waals surface area (Å²) in [7, 11) is 0. The molecule has 2 heterocycles. The molecule has 0 amide bonds. The zero-order valence-electron chi connectivity index (χ0n) is 8.20. The standard InChI is InChI=1S/C10H10BrN3O/c1-7-5-13-9(15-7)6-14-10-8(11)3-2-4-12-10/h2-5H,6H2,1H3,(H,12,14). The minimum atomic E-state index is 0.531. The van der Waals surface area contributed by atoms with Gasteiger partial charge in [0.25, 0.3) is 0 Å². The number of halogens is 1. The summed E-state index contributed by atoms with van der Waals surface area (Å²) in [5, 5.41) is 3.13. The molecule has 1 N–H and O–H groups in total. The van der Waals surface area contributed by atoms with Crippen LogP contribution in [0.25, 0.3) is 0 Å². The normalized spacial score (nSPS) is 10.3. The molecule has 2 aromatic rings. The number of aromatic nitrogens is 2. The van der Waals surface area contributed by atoms with Crippen molar-refractivity contribution in [2.45, 2.75) is 13.5 Å². The molecule has 0 aromatic carbocycles. The van der Waals surface area contributed by atoms with Crippen LogP contribution in [0.15, 0.2) is 33.4 Å². The molecule has 0 aliphatic heterocycles. The summed E-state index contributed by atoms with van der Waals surface area (Å²) in [6, 6.07) is 3.79. The van der Waals surface area contributed by atoms with Crippen molar-refractivity contribution in [3.8, 4) is 0 Å². The Balaban J connectivity index is 2.02. The molecule has 0 fully saturated rings. The SMILES string of the molecule is Cc1cnc(CNc2ncccc2Br)o1. The van der Waals surface area contributed by atoms with Crippen LogP contribution in [-0.2, 0) is 6.54 Å². The number of nitrogens with one attached hydrogen (secondary N) is 1. The maximum atomic E-state index is 5.33. The highest BCUT2D eigenvalue weighted by molar-refractivity contribution is 9.10. The van der Waals surface area contributed by atoms with Crippen molar-refractivity contribution in [1.29, 1.82) is 0 Å². The molecule has 0 unspecified atom stereocenters. The summed E-state index contributed by atoms with van der Waals surface area (Å²) in [5.41, 5.74) is 0. The van der Waals surface area contributed by atoms with Gasteiger partial charge in [-0.3, -0.25) is 0 Å². The number of aryl methyl sites for hydroxylation is 1. The van der Waals surface area contributed by atoms with Gasteiger partial charge in [-0.2, -0.15) is 0 Å². The van der Waals surface area contributed by atoms with Crippen LogP contribution in [0.5, 0.6) is 0 Å². The lowest BCUT2D eigenvalue weighted by Gasteiger charge is -2.03. The van der Waals surface area contributed by atoms with Crippen LogP contribution in [0.4, 0.5) is 5.82 Å². The second-order valence-corrected chi connectivity index (χ2v) is 3.91. The number of oxazole rings is 1. The minimum Gasteiger partial charge on any atom is -0.444 e. The first-order valence-electron chi connectivity index (χ1n) is 4.51. The van der Waals surface area contributed by atoms with Gasteiger partial charge in [0.1, 0.15) is 11.6 Å². The van der Waals surface area contributed by atoms with Gasteiger partial charge in [0.05, 0.1) is 17.2 Å². The van der Waals surface area contributed by atoms with Gasteiger partial charge >= 0.3 is 0 Å². The van der Waals surface area contributed by atoms with E-state index in [2.05, 4.69) is 31.2 Å².